The number of nitrogens with one attached hydrogen (secondary N) is 1. The van der Waals surface area contributed by atoms with Crippen LogP contribution >= 0.6 is 0 Å². The summed E-state index contributed by atoms with van der Waals surface area (Å²) in [4.78, 5) is 17.3. The van der Waals surface area contributed by atoms with Crippen molar-refractivity contribution < 1.29 is 31.1 Å². The van der Waals surface area contributed by atoms with E-state index in [1.807, 2.05) is 0 Å². The smallest absolute Gasteiger partial charge is 0.319 e. The normalized spacial score (nSPS) is 11.9. The molecule has 0 atom stereocenters. The van der Waals surface area contributed by atoms with E-state index in [1.54, 1.807) is 0 Å². The van der Waals surface area contributed by atoms with Gasteiger partial charge in [0.2, 0.25) is 0 Å². The van der Waals surface area contributed by atoms with Crippen molar-refractivity contribution in [2.45, 2.75) is 19.1 Å². The molecule has 0 aliphatic rings. The van der Waals surface area contributed by atoms with Gasteiger partial charge in [0.1, 0.15) is 17.1 Å². The molecule has 1 N–H and O–H groups in total. The highest BCUT2D eigenvalue weighted by Gasteiger charge is 2.30. The van der Waals surface area contributed by atoms with Crippen LogP contribution in [-0.4, -0.2) is 30.3 Å². The van der Waals surface area contributed by atoms with E-state index in [0.29, 0.717) is 11.1 Å². The molecule has 0 fully saturated rings. The molecule has 0 unspecified atom stereocenters. The van der Waals surface area contributed by atoms with Gasteiger partial charge in [0.05, 0.1) is 35.9 Å². The molecule has 194 valence electrons. The number of alkyl halides is 5. The molecule has 5 aromatic rings. The van der Waals surface area contributed by atoms with Crippen LogP contribution in [0.5, 0.6) is 0 Å². The molecule has 5 rings (SSSR count). The van der Waals surface area contributed by atoms with Crippen molar-refractivity contribution >= 4 is 17.2 Å². The highest BCUT2D eigenvalue weighted by molar-refractivity contribution is 6.08. The molecule has 0 saturated carbocycles. The van der Waals surface area contributed by atoms with Crippen LogP contribution in [0.25, 0.3) is 16.9 Å². The first-order valence-corrected chi connectivity index (χ1v) is 11.0. The number of nitrogens with zero attached hydrogens (tertiary/aromatic N) is 5. The molecule has 0 bridgehead atoms. The lowest BCUT2D eigenvalue weighted by Gasteiger charge is -2.09. The fraction of sp³-hybridized carbons (Fsp3) is 0.120. The summed E-state index contributed by atoms with van der Waals surface area (Å²) in [6, 6.07) is 10.9. The third-order valence-corrected chi connectivity index (χ3v) is 5.60. The summed E-state index contributed by atoms with van der Waals surface area (Å²) in [6.07, 6.45) is -3.64. The van der Waals surface area contributed by atoms with E-state index >= 15 is 0 Å². The van der Waals surface area contributed by atoms with Crippen LogP contribution in [0.15, 0.2) is 73.2 Å². The Balaban J connectivity index is 1.40. The second-order valence-electron chi connectivity index (χ2n) is 8.25. The Bertz CT molecular complexity index is 1620. The molecule has 0 radical (unpaired) electrons. The molecule has 7 nitrogen and oxygen atoms in total. The topological polar surface area (TPSA) is 77.1 Å². The molecular weight excluding hydrogens is 514 g/mol. The number of carbonyl (C=O) groups excluding carboxylic acids is 1. The fourth-order valence-corrected chi connectivity index (χ4v) is 3.82. The first kappa shape index (κ1) is 25.0. The summed E-state index contributed by atoms with van der Waals surface area (Å²) in [5.41, 5.74) is -0.541. The fourth-order valence-electron chi connectivity index (χ4n) is 3.82. The first-order valence-electron chi connectivity index (χ1n) is 11.0. The largest absolute Gasteiger partial charge is 0.416 e. The van der Waals surface area contributed by atoms with Crippen molar-refractivity contribution in [2.75, 3.05) is 5.32 Å². The second-order valence-corrected chi connectivity index (χ2v) is 8.25. The number of anilines is 1. The van der Waals surface area contributed by atoms with Gasteiger partial charge in [-0.15, -0.1) is 0 Å². The molecule has 1 amide bonds. The molecule has 0 aliphatic carbocycles. The van der Waals surface area contributed by atoms with Crippen LogP contribution in [0.4, 0.5) is 32.0 Å². The number of halogens is 6. The Hall–Kier alpha value is -4.68. The highest BCUT2D eigenvalue weighted by atomic mass is 19.4. The molecule has 0 saturated heterocycles. The zero-order chi connectivity index (χ0) is 27.0. The van der Waals surface area contributed by atoms with Gasteiger partial charge in [-0.2, -0.15) is 23.4 Å². The van der Waals surface area contributed by atoms with Crippen LogP contribution in [0.3, 0.4) is 0 Å². The van der Waals surface area contributed by atoms with Gasteiger partial charge in [0, 0.05) is 11.8 Å². The van der Waals surface area contributed by atoms with Crippen LogP contribution < -0.4 is 5.32 Å². The predicted octanol–water partition coefficient (Wildman–Crippen LogP) is 5.99. The SMILES string of the molecule is O=C(Nc1cnn(Cc2cccc(C(F)(F)F)c2)c1)c1cnn2c(C(F)F)cc(-c3ccc(F)cc3)nc12. The highest BCUT2D eigenvalue weighted by Crippen LogP contribution is 2.30. The molecular formula is C25H16F6N6O. The standard InChI is InChI=1S/C25H16F6N6O/c26-17-6-4-15(5-7-17)20-9-21(22(27)28)37-23(35-20)19(11-33-37)24(38)34-18-10-32-36(13-18)12-14-2-1-3-16(8-14)25(29,30)31/h1-11,13,22H,12H2,(H,34,38). The summed E-state index contributed by atoms with van der Waals surface area (Å²) in [6.45, 7) is 0.0108. The van der Waals surface area contributed by atoms with Gasteiger partial charge in [-0.1, -0.05) is 12.1 Å². The van der Waals surface area contributed by atoms with Crippen molar-refractivity contribution in [3.63, 3.8) is 0 Å². The van der Waals surface area contributed by atoms with Crippen LogP contribution in [0, 0.1) is 5.82 Å². The van der Waals surface area contributed by atoms with E-state index < -0.39 is 35.6 Å². The van der Waals surface area contributed by atoms with E-state index in [0.717, 1.165) is 41.0 Å². The quantitative estimate of drug-likeness (QED) is 0.274. The van der Waals surface area contributed by atoms with E-state index in [-0.39, 0.29) is 29.1 Å². The average Bonchev–Trinajstić information content (AvgIpc) is 3.50. The maximum absolute atomic E-state index is 13.8. The Kier molecular flexibility index (Phi) is 6.35. The number of benzene rings is 2. The average molecular weight is 530 g/mol. The zero-order valence-electron chi connectivity index (χ0n) is 19.1. The molecule has 38 heavy (non-hydrogen) atoms. The van der Waals surface area contributed by atoms with Crippen molar-refractivity contribution in [2.24, 2.45) is 0 Å². The number of amides is 1. The van der Waals surface area contributed by atoms with Crippen molar-refractivity contribution in [3.05, 3.63) is 101 Å². The number of hydrogen-bond acceptors (Lipinski definition) is 4. The molecule has 13 heteroatoms. The van der Waals surface area contributed by atoms with Gasteiger partial charge >= 0.3 is 6.18 Å². The van der Waals surface area contributed by atoms with Crippen molar-refractivity contribution in [3.8, 4) is 11.3 Å². The summed E-state index contributed by atoms with van der Waals surface area (Å²) >= 11 is 0. The minimum absolute atomic E-state index is 0.0108. The monoisotopic (exact) mass is 530 g/mol. The Morgan fingerprint density at radius 3 is 2.47 bits per heavy atom. The lowest BCUT2D eigenvalue weighted by atomic mass is 10.1. The minimum atomic E-state index is -4.48. The van der Waals surface area contributed by atoms with Crippen LogP contribution in [0.1, 0.15) is 33.6 Å². The number of rotatable bonds is 6. The maximum Gasteiger partial charge on any atom is 0.416 e. The van der Waals surface area contributed by atoms with E-state index in [9.17, 15) is 31.1 Å². The van der Waals surface area contributed by atoms with Gasteiger partial charge in [0.25, 0.3) is 12.3 Å². The summed E-state index contributed by atoms with van der Waals surface area (Å²) in [5, 5.41) is 10.5. The number of aromatic nitrogens is 5. The third-order valence-electron chi connectivity index (χ3n) is 5.60. The van der Waals surface area contributed by atoms with Gasteiger partial charge in [-0.05, 0) is 48.0 Å². The molecule has 3 aromatic heterocycles. The predicted molar refractivity (Wildman–Crippen MR) is 124 cm³/mol. The minimum Gasteiger partial charge on any atom is -0.319 e. The van der Waals surface area contributed by atoms with Gasteiger partial charge in [-0.3, -0.25) is 9.48 Å². The molecule has 3 heterocycles. The van der Waals surface area contributed by atoms with Gasteiger partial charge in [-0.25, -0.2) is 22.7 Å². The summed E-state index contributed by atoms with van der Waals surface area (Å²) in [7, 11) is 0. The lowest BCUT2D eigenvalue weighted by molar-refractivity contribution is -0.137. The maximum atomic E-state index is 13.8. The Morgan fingerprint density at radius 2 is 1.76 bits per heavy atom. The molecule has 0 aliphatic heterocycles. The summed E-state index contributed by atoms with van der Waals surface area (Å²) < 4.78 is 81.9. The number of fused-ring (bicyclic) bond motifs is 1. The van der Waals surface area contributed by atoms with E-state index in [1.165, 1.54) is 41.3 Å². The van der Waals surface area contributed by atoms with Crippen molar-refractivity contribution in [1.29, 1.82) is 0 Å². The first-order chi connectivity index (χ1) is 18.1. The number of carbonyl (C=O) groups is 1. The zero-order valence-corrected chi connectivity index (χ0v) is 19.1. The Labute approximate surface area is 210 Å². The van der Waals surface area contributed by atoms with Gasteiger partial charge in [0.15, 0.2) is 5.65 Å². The van der Waals surface area contributed by atoms with Gasteiger partial charge < -0.3 is 5.32 Å². The third kappa shape index (κ3) is 5.08. The lowest BCUT2D eigenvalue weighted by Crippen LogP contribution is -2.12. The number of hydrogen-bond donors (Lipinski definition) is 1. The molecule has 2 aromatic carbocycles. The van der Waals surface area contributed by atoms with Crippen molar-refractivity contribution in [1.82, 2.24) is 24.4 Å². The van der Waals surface area contributed by atoms with E-state index in [4.69, 9.17) is 0 Å². The van der Waals surface area contributed by atoms with Crippen LogP contribution in [0.2, 0.25) is 0 Å². The molecule has 0 spiro atoms. The second kappa shape index (κ2) is 9.65. The van der Waals surface area contributed by atoms with E-state index in [2.05, 4.69) is 20.5 Å². The summed E-state index contributed by atoms with van der Waals surface area (Å²) in [5.74, 6) is -1.23. The van der Waals surface area contributed by atoms with Crippen LogP contribution in [-0.2, 0) is 12.7 Å². The Morgan fingerprint density at radius 1 is 1.00 bits per heavy atom.